The van der Waals surface area contributed by atoms with Gasteiger partial charge in [-0.2, -0.15) is 0 Å². The summed E-state index contributed by atoms with van der Waals surface area (Å²) in [6.07, 6.45) is 0.310. The third-order valence-corrected chi connectivity index (χ3v) is 2.99. The molecule has 0 radical (unpaired) electrons. The van der Waals surface area contributed by atoms with E-state index in [1.54, 1.807) is 6.92 Å². The van der Waals surface area contributed by atoms with Gasteiger partial charge in [0.15, 0.2) is 11.7 Å². The van der Waals surface area contributed by atoms with E-state index in [-0.39, 0.29) is 17.6 Å². The van der Waals surface area contributed by atoms with Gasteiger partial charge in [0.05, 0.1) is 0 Å². The molecule has 1 aromatic rings. The summed E-state index contributed by atoms with van der Waals surface area (Å²) in [4.78, 5) is 22.8. The molecule has 3 N–H and O–H groups in total. The third-order valence-electron chi connectivity index (χ3n) is 2.79. The quantitative estimate of drug-likeness (QED) is 0.567. The fraction of sp³-hybridized carbons (Fsp3) is 0.400. The van der Waals surface area contributed by atoms with Gasteiger partial charge in [-0.05, 0) is 29.8 Å². The van der Waals surface area contributed by atoms with E-state index in [0.717, 1.165) is 5.56 Å². The molecule has 0 fully saturated rings. The number of carbonyl (C=O) groups is 2. The largest absolute Gasteiger partial charge is 0.483 e. The first kappa shape index (κ1) is 17.9. The molecule has 0 aromatic heterocycles. The predicted molar refractivity (Wildman–Crippen MR) is 88.3 cm³/mol. The number of ether oxygens (including phenoxy) is 1. The molecule has 0 aliphatic carbocycles. The molecule has 0 aliphatic heterocycles. The maximum absolute atomic E-state index is 11.7. The average Bonchev–Trinajstić information content (AvgIpc) is 2.50. The highest BCUT2D eigenvalue weighted by atomic mass is 32.1. The van der Waals surface area contributed by atoms with Crippen molar-refractivity contribution in [3.05, 3.63) is 29.8 Å². The molecular weight excluding hydrogens is 302 g/mol. The number of carbonyl (C=O) groups excluding carboxylic acids is 2. The Hall–Kier alpha value is -2.15. The van der Waals surface area contributed by atoms with Crippen LogP contribution in [0.2, 0.25) is 0 Å². The van der Waals surface area contributed by atoms with Crippen molar-refractivity contribution in [2.75, 3.05) is 6.61 Å². The molecule has 22 heavy (non-hydrogen) atoms. The molecule has 0 heterocycles. The summed E-state index contributed by atoms with van der Waals surface area (Å²) in [5, 5.41) is 2.45. The number of thiocarbonyl (C=S) groups is 1. The lowest BCUT2D eigenvalue weighted by Gasteiger charge is -2.14. The van der Waals surface area contributed by atoms with Gasteiger partial charge in [0.25, 0.3) is 5.91 Å². The van der Waals surface area contributed by atoms with Crippen LogP contribution in [0.3, 0.4) is 0 Å². The lowest BCUT2D eigenvalue weighted by molar-refractivity contribution is -0.124. The van der Waals surface area contributed by atoms with Gasteiger partial charge < -0.3 is 10.1 Å². The highest BCUT2D eigenvalue weighted by molar-refractivity contribution is 7.80. The second-order valence-electron chi connectivity index (χ2n) is 4.89. The molecule has 7 heteroatoms. The van der Waals surface area contributed by atoms with Crippen LogP contribution < -0.4 is 20.9 Å². The molecule has 120 valence electrons. The highest BCUT2D eigenvalue weighted by Gasteiger charge is 2.09. The summed E-state index contributed by atoms with van der Waals surface area (Å²) in [5.41, 5.74) is 5.84. The van der Waals surface area contributed by atoms with Crippen molar-refractivity contribution in [3.8, 4) is 5.75 Å². The Morgan fingerprint density at radius 3 is 2.50 bits per heavy atom. The standard InChI is InChI=1S/C15H21N3O3S/c1-4-13(19)16-15(22)18-17-14(20)9-21-12-8-6-5-7-11(12)10(2)3/h5-8,10H,4,9H2,1-3H3,(H,17,20)(H2,16,18,19,22). The Bertz CT molecular complexity index is 547. The molecule has 2 amide bonds. The number of hydrazine groups is 1. The fourth-order valence-electron chi connectivity index (χ4n) is 1.64. The first-order chi connectivity index (χ1) is 10.4. The van der Waals surface area contributed by atoms with Crippen LogP contribution in [-0.2, 0) is 9.59 Å². The first-order valence-electron chi connectivity index (χ1n) is 7.04. The summed E-state index contributed by atoms with van der Waals surface area (Å²) >= 11 is 4.85. The molecular formula is C15H21N3O3S. The Morgan fingerprint density at radius 1 is 1.18 bits per heavy atom. The van der Waals surface area contributed by atoms with Gasteiger partial charge in [0.2, 0.25) is 5.91 Å². The summed E-state index contributed by atoms with van der Waals surface area (Å²) in [7, 11) is 0. The van der Waals surface area contributed by atoms with Gasteiger partial charge >= 0.3 is 0 Å². The summed E-state index contributed by atoms with van der Waals surface area (Å²) in [6, 6.07) is 7.57. The summed E-state index contributed by atoms with van der Waals surface area (Å²) in [5.74, 6) is 0.351. The van der Waals surface area contributed by atoms with E-state index >= 15 is 0 Å². The van der Waals surface area contributed by atoms with Gasteiger partial charge in [0.1, 0.15) is 5.75 Å². The minimum atomic E-state index is -0.397. The molecule has 0 aliphatic rings. The van der Waals surface area contributed by atoms with Gasteiger partial charge in [-0.1, -0.05) is 39.0 Å². The number of benzene rings is 1. The topological polar surface area (TPSA) is 79.5 Å². The second kappa shape index (κ2) is 8.99. The highest BCUT2D eigenvalue weighted by Crippen LogP contribution is 2.25. The zero-order chi connectivity index (χ0) is 16.5. The molecule has 1 aromatic carbocycles. The summed E-state index contributed by atoms with van der Waals surface area (Å²) in [6.45, 7) is 5.66. The molecule has 0 spiro atoms. The lowest BCUT2D eigenvalue weighted by Crippen LogP contribution is -2.49. The third kappa shape index (κ3) is 6.09. The first-order valence-corrected chi connectivity index (χ1v) is 7.45. The Labute approximate surface area is 135 Å². The fourth-order valence-corrected chi connectivity index (χ4v) is 1.81. The van der Waals surface area contributed by atoms with Crippen molar-refractivity contribution in [1.29, 1.82) is 0 Å². The molecule has 0 saturated carbocycles. The van der Waals surface area contributed by atoms with Crippen LogP contribution in [0.1, 0.15) is 38.7 Å². The maximum Gasteiger partial charge on any atom is 0.276 e. The SMILES string of the molecule is CCC(=O)NC(=S)NNC(=O)COc1ccccc1C(C)C. The van der Waals surface area contributed by atoms with E-state index in [9.17, 15) is 9.59 Å². The van der Waals surface area contributed by atoms with Crippen molar-refractivity contribution < 1.29 is 14.3 Å². The van der Waals surface area contributed by atoms with Crippen LogP contribution in [0.15, 0.2) is 24.3 Å². The zero-order valence-corrected chi connectivity index (χ0v) is 13.8. The van der Waals surface area contributed by atoms with Gasteiger partial charge in [-0.25, -0.2) is 0 Å². The Kier molecular flexibility index (Phi) is 7.31. The van der Waals surface area contributed by atoms with E-state index in [1.807, 2.05) is 24.3 Å². The second-order valence-corrected chi connectivity index (χ2v) is 5.29. The van der Waals surface area contributed by atoms with Crippen LogP contribution >= 0.6 is 12.2 Å². The number of hydrogen-bond donors (Lipinski definition) is 3. The van der Waals surface area contributed by atoms with Gasteiger partial charge in [-0.3, -0.25) is 20.4 Å². The number of amides is 2. The van der Waals surface area contributed by atoms with Gasteiger partial charge in [0, 0.05) is 6.42 Å². The van der Waals surface area contributed by atoms with Crippen LogP contribution in [0, 0.1) is 0 Å². The Morgan fingerprint density at radius 2 is 1.86 bits per heavy atom. The van der Waals surface area contributed by atoms with Crippen LogP contribution in [0.4, 0.5) is 0 Å². The van der Waals surface area contributed by atoms with Crippen molar-refractivity contribution in [1.82, 2.24) is 16.2 Å². The summed E-state index contributed by atoms with van der Waals surface area (Å²) < 4.78 is 5.51. The average molecular weight is 323 g/mol. The molecule has 0 saturated heterocycles. The lowest BCUT2D eigenvalue weighted by atomic mass is 10.0. The van der Waals surface area contributed by atoms with Crippen LogP contribution in [-0.4, -0.2) is 23.5 Å². The minimum absolute atomic E-state index is 0.0442. The Balaban J connectivity index is 2.41. The van der Waals surface area contributed by atoms with Crippen molar-refractivity contribution in [2.45, 2.75) is 33.1 Å². The smallest absolute Gasteiger partial charge is 0.276 e. The molecule has 6 nitrogen and oxygen atoms in total. The van der Waals surface area contributed by atoms with Crippen molar-refractivity contribution in [2.24, 2.45) is 0 Å². The number of hydrogen-bond acceptors (Lipinski definition) is 4. The van der Waals surface area contributed by atoms with E-state index < -0.39 is 5.91 Å². The number of para-hydroxylation sites is 1. The van der Waals surface area contributed by atoms with E-state index in [1.165, 1.54) is 0 Å². The predicted octanol–water partition coefficient (Wildman–Crippen LogP) is 1.62. The van der Waals surface area contributed by atoms with E-state index in [0.29, 0.717) is 18.1 Å². The van der Waals surface area contributed by atoms with Crippen molar-refractivity contribution in [3.63, 3.8) is 0 Å². The zero-order valence-electron chi connectivity index (χ0n) is 12.9. The number of rotatable bonds is 5. The monoisotopic (exact) mass is 323 g/mol. The number of nitrogens with one attached hydrogen (secondary N) is 3. The van der Waals surface area contributed by atoms with Crippen LogP contribution in [0.5, 0.6) is 5.75 Å². The maximum atomic E-state index is 11.7. The molecule has 0 atom stereocenters. The van der Waals surface area contributed by atoms with E-state index in [2.05, 4.69) is 30.0 Å². The molecule has 0 bridgehead atoms. The van der Waals surface area contributed by atoms with Crippen molar-refractivity contribution >= 4 is 29.1 Å². The van der Waals surface area contributed by atoms with Gasteiger partial charge in [-0.15, -0.1) is 0 Å². The molecule has 1 rings (SSSR count). The minimum Gasteiger partial charge on any atom is -0.483 e. The van der Waals surface area contributed by atoms with Crippen LogP contribution in [0.25, 0.3) is 0 Å². The normalized spacial score (nSPS) is 10.0. The van der Waals surface area contributed by atoms with E-state index in [4.69, 9.17) is 17.0 Å². The molecule has 0 unspecified atom stereocenters.